The number of benzene rings is 2. The first kappa shape index (κ1) is 12.0. The maximum absolute atomic E-state index is 14.0. The molecule has 0 aliphatic rings. The van der Waals surface area contributed by atoms with Crippen molar-refractivity contribution < 1.29 is 4.39 Å². The van der Waals surface area contributed by atoms with Gasteiger partial charge in [-0.2, -0.15) is 5.10 Å². The SMILES string of the molecule is Fc1c(Br)cccc1-c1nc(-c2ccccc2)n[nH]1. The van der Waals surface area contributed by atoms with Gasteiger partial charge in [-0.15, -0.1) is 0 Å². The van der Waals surface area contributed by atoms with Gasteiger partial charge < -0.3 is 0 Å². The van der Waals surface area contributed by atoms with Crippen molar-refractivity contribution >= 4 is 15.9 Å². The van der Waals surface area contributed by atoms with Crippen molar-refractivity contribution in [3.63, 3.8) is 0 Å². The average molecular weight is 318 g/mol. The lowest BCUT2D eigenvalue weighted by molar-refractivity contribution is 0.623. The second-order valence-corrected chi connectivity index (χ2v) is 4.83. The highest BCUT2D eigenvalue weighted by Crippen LogP contribution is 2.26. The van der Waals surface area contributed by atoms with E-state index in [2.05, 4.69) is 31.1 Å². The Morgan fingerprint density at radius 2 is 1.79 bits per heavy atom. The van der Waals surface area contributed by atoms with Crippen LogP contribution in [-0.4, -0.2) is 15.2 Å². The summed E-state index contributed by atoms with van der Waals surface area (Å²) in [5.41, 5.74) is 1.28. The van der Waals surface area contributed by atoms with E-state index in [0.717, 1.165) is 5.56 Å². The van der Waals surface area contributed by atoms with E-state index >= 15 is 0 Å². The van der Waals surface area contributed by atoms with Gasteiger partial charge in [0.25, 0.3) is 0 Å². The van der Waals surface area contributed by atoms with Gasteiger partial charge in [0, 0.05) is 5.56 Å². The molecule has 0 saturated carbocycles. The summed E-state index contributed by atoms with van der Waals surface area (Å²) < 4.78 is 14.4. The Labute approximate surface area is 117 Å². The zero-order valence-electron chi connectivity index (χ0n) is 9.77. The first-order chi connectivity index (χ1) is 9.25. The molecule has 0 bridgehead atoms. The summed E-state index contributed by atoms with van der Waals surface area (Å²) in [6, 6.07) is 14.6. The highest BCUT2D eigenvalue weighted by atomic mass is 79.9. The number of nitrogens with one attached hydrogen (secondary N) is 1. The van der Waals surface area contributed by atoms with Gasteiger partial charge >= 0.3 is 0 Å². The normalized spacial score (nSPS) is 10.6. The van der Waals surface area contributed by atoms with Crippen molar-refractivity contribution in [3.05, 3.63) is 58.8 Å². The number of nitrogens with zero attached hydrogens (tertiary/aromatic N) is 2. The molecule has 94 valence electrons. The molecule has 5 heteroatoms. The van der Waals surface area contributed by atoms with Crippen LogP contribution in [0.1, 0.15) is 0 Å². The van der Waals surface area contributed by atoms with Crippen molar-refractivity contribution in [2.45, 2.75) is 0 Å². The number of hydrogen-bond acceptors (Lipinski definition) is 2. The number of aromatic nitrogens is 3. The Balaban J connectivity index is 2.05. The lowest BCUT2D eigenvalue weighted by atomic mass is 10.2. The average Bonchev–Trinajstić information content (AvgIpc) is 2.92. The van der Waals surface area contributed by atoms with Crippen LogP contribution in [0.3, 0.4) is 0 Å². The molecule has 0 atom stereocenters. The largest absolute Gasteiger partial charge is 0.259 e. The molecule has 0 aliphatic heterocycles. The second kappa shape index (κ2) is 4.93. The number of H-pyrrole nitrogens is 1. The van der Waals surface area contributed by atoms with E-state index in [1.54, 1.807) is 18.2 Å². The molecule has 1 N–H and O–H groups in total. The standard InChI is InChI=1S/C14H9BrFN3/c15-11-8-4-7-10(12(11)16)14-17-13(18-19-14)9-5-2-1-3-6-9/h1-8H,(H,17,18,19). The van der Waals surface area contributed by atoms with Gasteiger partial charge in [0.15, 0.2) is 11.6 Å². The van der Waals surface area contributed by atoms with Gasteiger partial charge in [-0.05, 0) is 28.1 Å². The Bertz CT molecular complexity index is 710. The Morgan fingerprint density at radius 1 is 1.00 bits per heavy atom. The van der Waals surface area contributed by atoms with Crippen LogP contribution in [0.5, 0.6) is 0 Å². The maximum Gasteiger partial charge on any atom is 0.181 e. The van der Waals surface area contributed by atoms with Crippen LogP contribution in [0.2, 0.25) is 0 Å². The molecule has 1 aromatic heterocycles. The van der Waals surface area contributed by atoms with Crippen LogP contribution in [-0.2, 0) is 0 Å². The molecule has 1 heterocycles. The predicted octanol–water partition coefficient (Wildman–Crippen LogP) is 4.04. The van der Waals surface area contributed by atoms with E-state index < -0.39 is 0 Å². The summed E-state index contributed by atoms with van der Waals surface area (Å²) in [6.07, 6.45) is 0. The van der Waals surface area contributed by atoms with Crippen molar-refractivity contribution in [1.29, 1.82) is 0 Å². The van der Waals surface area contributed by atoms with Gasteiger partial charge in [0.2, 0.25) is 0 Å². The summed E-state index contributed by atoms with van der Waals surface area (Å²) >= 11 is 3.16. The van der Waals surface area contributed by atoms with Crippen LogP contribution in [0.25, 0.3) is 22.8 Å². The molecule has 0 spiro atoms. The molecule has 0 fully saturated rings. The fraction of sp³-hybridized carbons (Fsp3) is 0. The predicted molar refractivity (Wildman–Crippen MR) is 74.9 cm³/mol. The summed E-state index contributed by atoms with van der Waals surface area (Å²) in [5, 5.41) is 6.88. The lowest BCUT2D eigenvalue weighted by Crippen LogP contribution is -1.87. The smallest absolute Gasteiger partial charge is 0.181 e. The first-order valence-electron chi connectivity index (χ1n) is 5.68. The van der Waals surface area contributed by atoms with Gasteiger partial charge in [-0.1, -0.05) is 36.4 Å². The van der Waals surface area contributed by atoms with E-state index in [-0.39, 0.29) is 5.82 Å². The van der Waals surface area contributed by atoms with Crippen LogP contribution < -0.4 is 0 Å². The fourth-order valence-electron chi connectivity index (χ4n) is 1.79. The molecule has 3 rings (SSSR count). The van der Waals surface area contributed by atoms with Gasteiger partial charge in [-0.3, -0.25) is 5.10 Å². The van der Waals surface area contributed by atoms with Crippen LogP contribution in [0, 0.1) is 5.82 Å². The minimum Gasteiger partial charge on any atom is -0.259 e. The molecule has 3 nitrogen and oxygen atoms in total. The third kappa shape index (κ3) is 2.29. The van der Waals surface area contributed by atoms with Crippen LogP contribution in [0.4, 0.5) is 4.39 Å². The Morgan fingerprint density at radius 3 is 2.58 bits per heavy atom. The number of aromatic amines is 1. The Hall–Kier alpha value is -2.01. The first-order valence-corrected chi connectivity index (χ1v) is 6.47. The van der Waals surface area contributed by atoms with E-state index in [9.17, 15) is 4.39 Å². The molecular formula is C14H9BrFN3. The monoisotopic (exact) mass is 317 g/mol. The number of hydrogen-bond donors (Lipinski definition) is 1. The molecule has 3 aromatic rings. The molecular weight excluding hydrogens is 309 g/mol. The van der Waals surface area contributed by atoms with E-state index in [0.29, 0.717) is 21.7 Å². The minimum absolute atomic E-state index is 0.349. The van der Waals surface area contributed by atoms with Crippen molar-refractivity contribution in [2.75, 3.05) is 0 Å². The number of halogens is 2. The summed E-state index contributed by atoms with van der Waals surface area (Å²) in [5.74, 6) is 0.617. The zero-order valence-corrected chi connectivity index (χ0v) is 11.4. The molecule has 2 aromatic carbocycles. The number of rotatable bonds is 2. The van der Waals surface area contributed by atoms with Crippen molar-refractivity contribution in [3.8, 4) is 22.8 Å². The van der Waals surface area contributed by atoms with Crippen LogP contribution >= 0.6 is 15.9 Å². The molecule has 0 amide bonds. The zero-order chi connectivity index (χ0) is 13.2. The highest BCUT2D eigenvalue weighted by Gasteiger charge is 2.13. The topological polar surface area (TPSA) is 41.6 Å². The maximum atomic E-state index is 14.0. The highest BCUT2D eigenvalue weighted by molar-refractivity contribution is 9.10. The molecule has 19 heavy (non-hydrogen) atoms. The quantitative estimate of drug-likeness (QED) is 0.775. The minimum atomic E-state index is -0.349. The third-order valence-corrected chi connectivity index (χ3v) is 3.34. The lowest BCUT2D eigenvalue weighted by Gasteiger charge is -1.99. The fourth-order valence-corrected chi connectivity index (χ4v) is 2.15. The Kier molecular flexibility index (Phi) is 3.13. The van der Waals surface area contributed by atoms with Crippen molar-refractivity contribution in [2.24, 2.45) is 0 Å². The van der Waals surface area contributed by atoms with Crippen molar-refractivity contribution in [1.82, 2.24) is 15.2 Å². The third-order valence-electron chi connectivity index (χ3n) is 2.72. The summed E-state index contributed by atoms with van der Waals surface area (Å²) in [4.78, 5) is 4.33. The van der Waals surface area contributed by atoms with Gasteiger partial charge in [0.05, 0.1) is 10.0 Å². The van der Waals surface area contributed by atoms with Gasteiger partial charge in [0.1, 0.15) is 5.82 Å². The summed E-state index contributed by atoms with van der Waals surface area (Å²) in [6.45, 7) is 0. The van der Waals surface area contributed by atoms with Crippen LogP contribution in [0.15, 0.2) is 53.0 Å². The molecule has 0 saturated heterocycles. The molecule has 0 aliphatic carbocycles. The van der Waals surface area contributed by atoms with E-state index in [4.69, 9.17) is 0 Å². The summed E-state index contributed by atoms with van der Waals surface area (Å²) in [7, 11) is 0. The van der Waals surface area contributed by atoms with E-state index in [1.165, 1.54) is 0 Å². The van der Waals surface area contributed by atoms with E-state index in [1.807, 2.05) is 30.3 Å². The molecule has 0 radical (unpaired) electrons. The second-order valence-electron chi connectivity index (χ2n) is 3.98. The van der Waals surface area contributed by atoms with Gasteiger partial charge in [-0.25, -0.2) is 9.37 Å². The molecule has 0 unspecified atom stereocenters.